The van der Waals surface area contributed by atoms with E-state index in [-0.39, 0.29) is 5.91 Å². The van der Waals surface area contributed by atoms with Gasteiger partial charge in [0.05, 0.1) is 0 Å². The second kappa shape index (κ2) is 8.02. The van der Waals surface area contributed by atoms with Crippen molar-refractivity contribution in [3.8, 4) is 5.75 Å². The normalized spacial score (nSPS) is 10.1. The van der Waals surface area contributed by atoms with Gasteiger partial charge in [-0.3, -0.25) is 4.79 Å². The Balaban J connectivity index is 1.56. The van der Waals surface area contributed by atoms with Crippen LogP contribution in [0.25, 0.3) is 0 Å². The van der Waals surface area contributed by atoms with E-state index in [1.165, 1.54) is 6.92 Å². The summed E-state index contributed by atoms with van der Waals surface area (Å²) in [6.07, 6.45) is 0. The number of hydrogen-bond donors (Lipinski definition) is 2. The molecule has 3 rings (SSSR count). The van der Waals surface area contributed by atoms with Gasteiger partial charge in [-0.1, -0.05) is 30.3 Å². The number of carbonyl (C=O) groups excluding carboxylic acids is 1. The minimum absolute atomic E-state index is 0.0770. The third-order valence-electron chi connectivity index (χ3n) is 3.60. The standard InChI is InChI=1S/C21H20N2O2/c1-16(24)22-18-7-9-19(10-8-18)23-20-11-13-21(14-12-20)25-15-17-5-3-2-4-6-17/h2-14,23H,15H2,1H3,(H,22,24). The molecule has 0 aliphatic rings. The van der Waals surface area contributed by atoms with Crippen LogP contribution in [0.15, 0.2) is 78.9 Å². The average Bonchev–Trinajstić information content (AvgIpc) is 2.63. The van der Waals surface area contributed by atoms with E-state index in [0.717, 1.165) is 28.4 Å². The summed E-state index contributed by atoms with van der Waals surface area (Å²) in [5.41, 5.74) is 3.85. The zero-order valence-corrected chi connectivity index (χ0v) is 14.0. The Hall–Kier alpha value is -3.27. The van der Waals surface area contributed by atoms with Crippen molar-refractivity contribution in [2.75, 3.05) is 10.6 Å². The molecule has 3 aromatic rings. The molecule has 0 radical (unpaired) electrons. The zero-order valence-electron chi connectivity index (χ0n) is 14.0. The van der Waals surface area contributed by atoms with Gasteiger partial charge < -0.3 is 15.4 Å². The highest BCUT2D eigenvalue weighted by atomic mass is 16.5. The molecular weight excluding hydrogens is 312 g/mol. The van der Waals surface area contributed by atoms with E-state index in [9.17, 15) is 4.79 Å². The van der Waals surface area contributed by atoms with Gasteiger partial charge in [0.2, 0.25) is 5.91 Å². The number of amides is 1. The predicted octanol–water partition coefficient (Wildman–Crippen LogP) is 4.97. The van der Waals surface area contributed by atoms with Gasteiger partial charge in [0.1, 0.15) is 12.4 Å². The summed E-state index contributed by atoms with van der Waals surface area (Å²) in [6.45, 7) is 2.05. The van der Waals surface area contributed by atoms with Crippen molar-refractivity contribution in [1.82, 2.24) is 0 Å². The third-order valence-corrected chi connectivity index (χ3v) is 3.60. The van der Waals surface area contributed by atoms with E-state index < -0.39 is 0 Å². The summed E-state index contributed by atoms with van der Waals surface area (Å²) in [6, 6.07) is 25.5. The van der Waals surface area contributed by atoms with Crippen molar-refractivity contribution in [2.24, 2.45) is 0 Å². The number of carbonyl (C=O) groups is 1. The molecule has 0 unspecified atom stereocenters. The molecule has 0 aliphatic heterocycles. The Morgan fingerprint density at radius 1 is 0.800 bits per heavy atom. The Bertz CT molecular complexity index is 813. The Kier molecular flexibility index (Phi) is 5.32. The number of benzene rings is 3. The van der Waals surface area contributed by atoms with Crippen LogP contribution in [0, 0.1) is 0 Å². The van der Waals surface area contributed by atoms with Crippen molar-refractivity contribution in [3.63, 3.8) is 0 Å². The lowest BCUT2D eigenvalue weighted by Gasteiger charge is -2.10. The highest BCUT2D eigenvalue weighted by Crippen LogP contribution is 2.22. The smallest absolute Gasteiger partial charge is 0.221 e. The van der Waals surface area contributed by atoms with E-state index >= 15 is 0 Å². The van der Waals surface area contributed by atoms with Crippen LogP contribution in [0.5, 0.6) is 5.75 Å². The first-order chi connectivity index (χ1) is 12.2. The molecular formula is C21H20N2O2. The Morgan fingerprint density at radius 3 is 1.96 bits per heavy atom. The molecule has 4 heteroatoms. The van der Waals surface area contributed by atoms with Crippen molar-refractivity contribution >= 4 is 23.0 Å². The molecule has 0 aromatic heterocycles. The van der Waals surface area contributed by atoms with E-state index in [0.29, 0.717) is 6.61 Å². The summed E-state index contributed by atoms with van der Waals surface area (Å²) in [4.78, 5) is 11.0. The van der Waals surface area contributed by atoms with Crippen molar-refractivity contribution in [1.29, 1.82) is 0 Å². The van der Waals surface area contributed by atoms with Crippen LogP contribution in [0.2, 0.25) is 0 Å². The van der Waals surface area contributed by atoms with Crippen molar-refractivity contribution in [3.05, 3.63) is 84.4 Å². The van der Waals surface area contributed by atoms with Crippen LogP contribution >= 0.6 is 0 Å². The van der Waals surface area contributed by atoms with E-state index in [1.807, 2.05) is 78.9 Å². The number of rotatable bonds is 6. The highest BCUT2D eigenvalue weighted by Gasteiger charge is 1.99. The van der Waals surface area contributed by atoms with Gasteiger partial charge in [-0.15, -0.1) is 0 Å². The van der Waals surface area contributed by atoms with Gasteiger partial charge in [0, 0.05) is 24.0 Å². The van der Waals surface area contributed by atoms with Gasteiger partial charge in [-0.2, -0.15) is 0 Å². The Labute approximate surface area is 147 Å². The maximum absolute atomic E-state index is 11.0. The summed E-state index contributed by atoms with van der Waals surface area (Å²) in [7, 11) is 0. The Morgan fingerprint density at radius 2 is 1.36 bits per heavy atom. The van der Waals surface area contributed by atoms with Crippen LogP contribution in [0.3, 0.4) is 0 Å². The van der Waals surface area contributed by atoms with Crippen LogP contribution in [0.1, 0.15) is 12.5 Å². The first-order valence-corrected chi connectivity index (χ1v) is 8.10. The predicted molar refractivity (Wildman–Crippen MR) is 101 cm³/mol. The lowest BCUT2D eigenvalue weighted by Crippen LogP contribution is -2.05. The molecule has 2 N–H and O–H groups in total. The molecule has 4 nitrogen and oxygen atoms in total. The largest absolute Gasteiger partial charge is 0.489 e. The molecule has 0 spiro atoms. The molecule has 0 aliphatic carbocycles. The quantitative estimate of drug-likeness (QED) is 0.670. The fourth-order valence-corrected chi connectivity index (χ4v) is 2.38. The molecule has 3 aromatic carbocycles. The number of nitrogens with one attached hydrogen (secondary N) is 2. The SMILES string of the molecule is CC(=O)Nc1ccc(Nc2ccc(OCc3ccccc3)cc2)cc1. The van der Waals surface area contributed by atoms with Crippen LogP contribution in [0.4, 0.5) is 17.1 Å². The third kappa shape index (κ3) is 5.11. The molecule has 1 amide bonds. The second-order valence-electron chi connectivity index (χ2n) is 5.68. The molecule has 0 heterocycles. The topological polar surface area (TPSA) is 50.4 Å². The number of hydrogen-bond acceptors (Lipinski definition) is 3. The zero-order chi connectivity index (χ0) is 17.5. The van der Waals surface area contributed by atoms with Crippen LogP contribution < -0.4 is 15.4 Å². The molecule has 0 saturated heterocycles. The molecule has 0 fully saturated rings. The molecule has 25 heavy (non-hydrogen) atoms. The van der Waals surface area contributed by atoms with Gasteiger partial charge in [0.25, 0.3) is 0 Å². The van der Waals surface area contributed by atoms with Gasteiger partial charge >= 0.3 is 0 Å². The van der Waals surface area contributed by atoms with E-state index in [1.54, 1.807) is 0 Å². The summed E-state index contributed by atoms with van der Waals surface area (Å²) < 4.78 is 5.78. The first-order valence-electron chi connectivity index (χ1n) is 8.10. The molecule has 0 bridgehead atoms. The number of anilines is 3. The molecule has 126 valence electrons. The van der Waals surface area contributed by atoms with E-state index in [2.05, 4.69) is 10.6 Å². The van der Waals surface area contributed by atoms with Gasteiger partial charge in [-0.05, 0) is 54.1 Å². The first kappa shape index (κ1) is 16.6. The minimum Gasteiger partial charge on any atom is -0.489 e. The van der Waals surface area contributed by atoms with Gasteiger partial charge in [-0.25, -0.2) is 0 Å². The lowest BCUT2D eigenvalue weighted by atomic mass is 10.2. The van der Waals surface area contributed by atoms with Gasteiger partial charge in [0.15, 0.2) is 0 Å². The van der Waals surface area contributed by atoms with Crippen molar-refractivity contribution < 1.29 is 9.53 Å². The summed E-state index contributed by atoms with van der Waals surface area (Å²) >= 11 is 0. The molecule has 0 atom stereocenters. The van der Waals surface area contributed by atoms with Crippen LogP contribution in [-0.2, 0) is 11.4 Å². The number of ether oxygens (including phenoxy) is 1. The minimum atomic E-state index is -0.0770. The summed E-state index contributed by atoms with van der Waals surface area (Å²) in [5, 5.41) is 6.06. The monoisotopic (exact) mass is 332 g/mol. The maximum Gasteiger partial charge on any atom is 0.221 e. The average molecular weight is 332 g/mol. The van der Waals surface area contributed by atoms with E-state index in [4.69, 9.17) is 4.74 Å². The lowest BCUT2D eigenvalue weighted by molar-refractivity contribution is -0.114. The fourth-order valence-electron chi connectivity index (χ4n) is 2.38. The maximum atomic E-state index is 11.0. The summed E-state index contributed by atoms with van der Waals surface area (Å²) in [5.74, 6) is 0.752. The fraction of sp³-hybridized carbons (Fsp3) is 0.0952. The van der Waals surface area contributed by atoms with Crippen LogP contribution in [-0.4, -0.2) is 5.91 Å². The highest BCUT2D eigenvalue weighted by molar-refractivity contribution is 5.88. The second-order valence-corrected chi connectivity index (χ2v) is 5.68. The van der Waals surface area contributed by atoms with Crippen molar-refractivity contribution in [2.45, 2.75) is 13.5 Å². The molecule has 0 saturated carbocycles.